The molecule has 0 aliphatic carbocycles. The van der Waals surface area contributed by atoms with Crippen molar-refractivity contribution in [3.05, 3.63) is 120 Å². The highest BCUT2D eigenvalue weighted by atomic mass is 16.2. The van der Waals surface area contributed by atoms with E-state index in [2.05, 4.69) is 10.6 Å². The number of rotatable bonds is 12. The van der Waals surface area contributed by atoms with E-state index in [1.807, 2.05) is 116 Å². The molecule has 2 atom stereocenters. The fourth-order valence-corrected chi connectivity index (χ4v) is 5.96. The number of carbonyl (C=O) groups excluding carboxylic acids is 4. The molecule has 0 saturated carbocycles. The highest BCUT2D eigenvalue weighted by molar-refractivity contribution is 5.98. The van der Waals surface area contributed by atoms with Gasteiger partial charge in [0, 0.05) is 24.5 Å². The number of amides is 4. The Morgan fingerprint density at radius 3 is 1.83 bits per heavy atom. The van der Waals surface area contributed by atoms with Gasteiger partial charge in [-0.1, -0.05) is 91.9 Å². The summed E-state index contributed by atoms with van der Waals surface area (Å²) >= 11 is 0. The smallest absolute Gasteiger partial charge is 0.247 e. The second kappa shape index (κ2) is 15.9. The Kier molecular flexibility index (Phi) is 11.2. The van der Waals surface area contributed by atoms with Gasteiger partial charge in [0.05, 0.1) is 12.8 Å². The number of hydrogen-bond acceptors (Lipinski definition) is 4. The van der Waals surface area contributed by atoms with Crippen LogP contribution in [0.15, 0.2) is 109 Å². The molecule has 47 heavy (non-hydrogen) atoms. The second-order valence-electron chi connectivity index (χ2n) is 12.0. The van der Waals surface area contributed by atoms with Gasteiger partial charge in [-0.25, -0.2) is 0 Å². The molecule has 2 N–H and O–H groups in total. The SMILES string of the molecule is CCCN(C(=O)Cc1ccccc1)[C@@H](C)C(=O)Nc1ccc(-c2ccc(NC(=O)[C@@H]3CCCN3C(=O)Cc3ccccc3)cc2)cc1. The first-order valence-corrected chi connectivity index (χ1v) is 16.3. The van der Waals surface area contributed by atoms with E-state index in [1.54, 1.807) is 16.7 Å². The summed E-state index contributed by atoms with van der Waals surface area (Å²) in [4.78, 5) is 55.6. The van der Waals surface area contributed by atoms with Crippen LogP contribution in [0.1, 0.15) is 44.2 Å². The van der Waals surface area contributed by atoms with Gasteiger partial charge in [-0.05, 0) is 72.7 Å². The molecular formula is C39H42N4O4. The van der Waals surface area contributed by atoms with Crippen LogP contribution in [-0.2, 0) is 32.0 Å². The summed E-state index contributed by atoms with van der Waals surface area (Å²) in [5.74, 6) is -0.526. The van der Waals surface area contributed by atoms with Crippen molar-refractivity contribution in [1.29, 1.82) is 0 Å². The third kappa shape index (κ3) is 8.73. The highest BCUT2D eigenvalue weighted by Crippen LogP contribution is 2.25. The predicted molar refractivity (Wildman–Crippen MR) is 186 cm³/mol. The lowest BCUT2D eigenvalue weighted by molar-refractivity contribution is -0.137. The van der Waals surface area contributed by atoms with Crippen molar-refractivity contribution >= 4 is 35.0 Å². The lowest BCUT2D eigenvalue weighted by atomic mass is 10.0. The van der Waals surface area contributed by atoms with Crippen LogP contribution in [0.3, 0.4) is 0 Å². The van der Waals surface area contributed by atoms with Crippen molar-refractivity contribution < 1.29 is 19.2 Å². The average Bonchev–Trinajstić information content (AvgIpc) is 3.59. The van der Waals surface area contributed by atoms with Crippen LogP contribution in [0.4, 0.5) is 11.4 Å². The topological polar surface area (TPSA) is 98.8 Å². The fourth-order valence-electron chi connectivity index (χ4n) is 5.96. The third-order valence-electron chi connectivity index (χ3n) is 8.54. The van der Waals surface area contributed by atoms with Crippen LogP contribution in [0.2, 0.25) is 0 Å². The molecule has 0 bridgehead atoms. The van der Waals surface area contributed by atoms with Gasteiger partial charge in [0.2, 0.25) is 23.6 Å². The first kappa shape index (κ1) is 33.1. The maximum Gasteiger partial charge on any atom is 0.247 e. The third-order valence-corrected chi connectivity index (χ3v) is 8.54. The maximum atomic E-state index is 13.1. The minimum atomic E-state index is -0.619. The minimum Gasteiger partial charge on any atom is -0.331 e. The summed E-state index contributed by atoms with van der Waals surface area (Å²) in [6.45, 7) is 4.84. The standard InChI is InChI=1S/C39H42N4O4/c1-3-24-42(36(44)26-29-11-6-4-7-12-29)28(2)38(46)40-33-20-16-31(17-21-33)32-18-22-34(23-19-32)41-39(47)35-15-10-25-43(35)37(45)27-30-13-8-5-9-14-30/h4-9,11-14,16-23,28,35H,3,10,15,24-27H2,1-2H3,(H,40,46)(H,41,47)/t28-,35-/m0/s1. The van der Waals surface area contributed by atoms with Crippen molar-refractivity contribution in [3.63, 3.8) is 0 Å². The first-order valence-electron chi connectivity index (χ1n) is 16.3. The van der Waals surface area contributed by atoms with Crippen LogP contribution in [0.25, 0.3) is 11.1 Å². The first-order chi connectivity index (χ1) is 22.8. The minimum absolute atomic E-state index is 0.0341. The number of nitrogens with zero attached hydrogens (tertiary/aromatic N) is 2. The van der Waals surface area contributed by atoms with Gasteiger partial charge in [0.1, 0.15) is 12.1 Å². The normalized spacial score (nSPS) is 14.7. The van der Waals surface area contributed by atoms with Gasteiger partial charge in [-0.3, -0.25) is 19.2 Å². The quantitative estimate of drug-likeness (QED) is 0.191. The molecule has 1 saturated heterocycles. The average molecular weight is 631 g/mol. The molecule has 1 heterocycles. The largest absolute Gasteiger partial charge is 0.331 e. The predicted octanol–water partition coefficient (Wildman–Crippen LogP) is 6.33. The number of carbonyl (C=O) groups is 4. The molecule has 1 aliphatic heterocycles. The Morgan fingerprint density at radius 2 is 1.28 bits per heavy atom. The molecule has 8 heteroatoms. The Labute approximate surface area is 276 Å². The highest BCUT2D eigenvalue weighted by Gasteiger charge is 2.34. The molecule has 4 amide bonds. The van der Waals surface area contributed by atoms with E-state index in [4.69, 9.17) is 0 Å². The molecular weight excluding hydrogens is 588 g/mol. The summed E-state index contributed by atoms with van der Waals surface area (Å²) < 4.78 is 0. The molecule has 4 aromatic carbocycles. The van der Waals surface area contributed by atoms with Crippen LogP contribution < -0.4 is 10.6 Å². The molecule has 8 nitrogen and oxygen atoms in total. The summed E-state index contributed by atoms with van der Waals surface area (Å²) in [5.41, 5.74) is 5.07. The van der Waals surface area contributed by atoms with Gasteiger partial charge in [0.15, 0.2) is 0 Å². The van der Waals surface area contributed by atoms with Crippen LogP contribution in [-0.4, -0.2) is 58.6 Å². The molecule has 5 rings (SSSR count). The molecule has 0 radical (unpaired) electrons. The van der Waals surface area contributed by atoms with E-state index in [1.165, 1.54) is 0 Å². The zero-order valence-electron chi connectivity index (χ0n) is 27.0. The zero-order chi connectivity index (χ0) is 33.2. The van der Waals surface area contributed by atoms with E-state index < -0.39 is 12.1 Å². The lowest BCUT2D eigenvalue weighted by Gasteiger charge is -2.28. The van der Waals surface area contributed by atoms with Crippen molar-refractivity contribution in [1.82, 2.24) is 9.80 Å². The Hall–Kier alpha value is -5.24. The molecule has 1 fully saturated rings. The fraction of sp³-hybridized carbons (Fsp3) is 0.282. The van der Waals surface area contributed by atoms with Gasteiger partial charge in [0.25, 0.3) is 0 Å². The van der Waals surface area contributed by atoms with Gasteiger partial charge < -0.3 is 20.4 Å². The number of benzene rings is 4. The monoisotopic (exact) mass is 630 g/mol. The molecule has 0 unspecified atom stereocenters. The molecule has 1 aliphatic rings. The van der Waals surface area contributed by atoms with Crippen LogP contribution >= 0.6 is 0 Å². The summed E-state index contributed by atoms with van der Waals surface area (Å²) in [5, 5.41) is 5.94. The molecule has 0 spiro atoms. The van der Waals surface area contributed by atoms with Gasteiger partial charge >= 0.3 is 0 Å². The van der Waals surface area contributed by atoms with E-state index in [0.717, 1.165) is 35.1 Å². The number of likely N-dealkylation sites (tertiary alicyclic amines) is 1. The molecule has 242 valence electrons. The van der Waals surface area contributed by atoms with E-state index in [0.29, 0.717) is 30.9 Å². The number of anilines is 2. The van der Waals surface area contributed by atoms with E-state index in [-0.39, 0.29) is 36.5 Å². The second-order valence-corrected chi connectivity index (χ2v) is 12.0. The van der Waals surface area contributed by atoms with Crippen LogP contribution in [0.5, 0.6) is 0 Å². The van der Waals surface area contributed by atoms with Gasteiger partial charge in [-0.2, -0.15) is 0 Å². The Bertz CT molecular complexity index is 1660. The Morgan fingerprint density at radius 1 is 0.745 bits per heavy atom. The van der Waals surface area contributed by atoms with Crippen molar-refractivity contribution in [2.24, 2.45) is 0 Å². The summed E-state index contributed by atoms with van der Waals surface area (Å²) in [6, 6.07) is 33.1. The number of nitrogens with one attached hydrogen (secondary N) is 2. The van der Waals surface area contributed by atoms with Crippen molar-refractivity contribution in [3.8, 4) is 11.1 Å². The summed E-state index contributed by atoms with van der Waals surface area (Å²) in [7, 11) is 0. The van der Waals surface area contributed by atoms with E-state index in [9.17, 15) is 19.2 Å². The van der Waals surface area contributed by atoms with Crippen molar-refractivity contribution in [2.45, 2.75) is 58.0 Å². The summed E-state index contributed by atoms with van der Waals surface area (Å²) in [6.07, 6.45) is 2.74. The molecule has 4 aromatic rings. The van der Waals surface area contributed by atoms with Crippen molar-refractivity contribution in [2.75, 3.05) is 23.7 Å². The van der Waals surface area contributed by atoms with Gasteiger partial charge in [-0.15, -0.1) is 0 Å². The van der Waals surface area contributed by atoms with E-state index >= 15 is 0 Å². The molecule has 0 aromatic heterocycles. The van der Waals surface area contributed by atoms with Crippen LogP contribution in [0, 0.1) is 0 Å². The number of hydrogen-bond donors (Lipinski definition) is 2. The lowest BCUT2D eigenvalue weighted by Crippen LogP contribution is -2.46. The Balaban J connectivity index is 1.15. The zero-order valence-corrected chi connectivity index (χ0v) is 27.0. The maximum absolute atomic E-state index is 13.1.